The summed E-state index contributed by atoms with van der Waals surface area (Å²) < 4.78 is 6.45. The fourth-order valence-corrected chi connectivity index (χ4v) is 3.28. The van der Waals surface area contributed by atoms with Gasteiger partial charge in [-0.2, -0.15) is 0 Å². The molecule has 3 rings (SSSR count). The predicted molar refractivity (Wildman–Crippen MR) is 79.7 cm³/mol. The molecule has 1 saturated carbocycles. The van der Waals surface area contributed by atoms with Crippen LogP contribution < -0.4 is 5.32 Å². The standard InChI is InChI=1S/C15H16BrNO3/c16-11-5-3-4-10-8-12(20-13(10)11)14(19)17-15(9-18)6-1-2-7-15/h3-5,8,18H,1-2,6-7,9H2,(H,17,19). The van der Waals surface area contributed by atoms with Gasteiger partial charge in [0.05, 0.1) is 16.6 Å². The number of para-hydroxylation sites is 1. The van der Waals surface area contributed by atoms with E-state index >= 15 is 0 Å². The molecule has 1 fully saturated rings. The molecule has 1 heterocycles. The van der Waals surface area contributed by atoms with E-state index < -0.39 is 5.54 Å². The Hall–Kier alpha value is -1.33. The summed E-state index contributed by atoms with van der Waals surface area (Å²) in [5.41, 5.74) is 0.190. The van der Waals surface area contributed by atoms with Crippen LogP contribution in [-0.2, 0) is 0 Å². The van der Waals surface area contributed by atoms with Crippen molar-refractivity contribution in [3.05, 3.63) is 34.5 Å². The van der Waals surface area contributed by atoms with Crippen LogP contribution >= 0.6 is 15.9 Å². The number of aliphatic hydroxyl groups excluding tert-OH is 1. The summed E-state index contributed by atoms with van der Waals surface area (Å²) in [5.74, 6) is 0.0238. The Kier molecular flexibility index (Phi) is 3.56. The van der Waals surface area contributed by atoms with Crippen molar-refractivity contribution in [2.75, 3.05) is 6.61 Å². The molecule has 4 nitrogen and oxygen atoms in total. The fraction of sp³-hybridized carbons (Fsp3) is 0.400. The summed E-state index contributed by atoms with van der Waals surface area (Å²) in [7, 11) is 0. The minimum Gasteiger partial charge on any atom is -0.450 e. The van der Waals surface area contributed by atoms with Gasteiger partial charge >= 0.3 is 0 Å². The summed E-state index contributed by atoms with van der Waals surface area (Å²) >= 11 is 3.41. The minimum absolute atomic E-state index is 0.0251. The Balaban J connectivity index is 1.87. The second kappa shape index (κ2) is 5.22. The van der Waals surface area contributed by atoms with Gasteiger partial charge in [-0.05, 0) is 40.9 Å². The maximum atomic E-state index is 12.3. The van der Waals surface area contributed by atoms with Crippen LogP contribution in [0.2, 0.25) is 0 Å². The SMILES string of the molecule is O=C(NC1(CO)CCCC1)c1cc2cccc(Br)c2o1. The molecule has 0 bridgehead atoms. The predicted octanol–water partition coefficient (Wildman–Crippen LogP) is 3.23. The third-order valence-electron chi connectivity index (χ3n) is 3.96. The van der Waals surface area contributed by atoms with E-state index in [1.807, 2.05) is 18.2 Å². The van der Waals surface area contributed by atoms with Gasteiger partial charge in [0.15, 0.2) is 5.76 Å². The highest BCUT2D eigenvalue weighted by Crippen LogP contribution is 2.31. The van der Waals surface area contributed by atoms with Crippen LogP contribution in [0.5, 0.6) is 0 Å². The lowest BCUT2D eigenvalue weighted by Crippen LogP contribution is -2.49. The molecule has 20 heavy (non-hydrogen) atoms. The number of halogens is 1. The highest BCUT2D eigenvalue weighted by atomic mass is 79.9. The van der Waals surface area contributed by atoms with Gasteiger partial charge in [0.1, 0.15) is 5.58 Å². The maximum Gasteiger partial charge on any atom is 0.287 e. The highest BCUT2D eigenvalue weighted by Gasteiger charge is 2.35. The normalized spacial score (nSPS) is 17.5. The van der Waals surface area contributed by atoms with Crippen molar-refractivity contribution < 1.29 is 14.3 Å². The van der Waals surface area contributed by atoms with Crippen molar-refractivity contribution in [3.63, 3.8) is 0 Å². The van der Waals surface area contributed by atoms with E-state index in [-0.39, 0.29) is 18.3 Å². The minimum atomic E-state index is -0.479. The van der Waals surface area contributed by atoms with Crippen molar-refractivity contribution in [1.29, 1.82) is 0 Å². The monoisotopic (exact) mass is 337 g/mol. The number of furan rings is 1. The zero-order chi connectivity index (χ0) is 14.2. The first-order valence-corrected chi connectivity index (χ1v) is 7.54. The number of aliphatic hydroxyl groups is 1. The topological polar surface area (TPSA) is 62.5 Å². The second-order valence-corrected chi connectivity index (χ2v) is 6.22. The van der Waals surface area contributed by atoms with Crippen LogP contribution in [0.4, 0.5) is 0 Å². The lowest BCUT2D eigenvalue weighted by atomic mass is 9.99. The number of benzene rings is 1. The summed E-state index contributed by atoms with van der Waals surface area (Å²) in [5, 5.41) is 13.4. The van der Waals surface area contributed by atoms with Crippen LogP contribution in [0.1, 0.15) is 36.2 Å². The molecule has 1 aromatic carbocycles. The number of carbonyl (C=O) groups is 1. The Bertz CT molecular complexity index is 644. The van der Waals surface area contributed by atoms with Gasteiger partial charge < -0.3 is 14.8 Å². The van der Waals surface area contributed by atoms with E-state index in [1.54, 1.807) is 6.07 Å². The Morgan fingerprint density at radius 1 is 1.40 bits per heavy atom. The number of hydrogen-bond donors (Lipinski definition) is 2. The third kappa shape index (κ3) is 2.36. The molecule has 1 aliphatic carbocycles. The van der Waals surface area contributed by atoms with Gasteiger partial charge in [-0.1, -0.05) is 25.0 Å². The van der Waals surface area contributed by atoms with E-state index in [1.165, 1.54) is 0 Å². The van der Waals surface area contributed by atoms with Crippen LogP contribution in [0.25, 0.3) is 11.0 Å². The average molecular weight is 338 g/mol. The van der Waals surface area contributed by atoms with Gasteiger partial charge in [-0.3, -0.25) is 4.79 Å². The van der Waals surface area contributed by atoms with Crippen molar-refractivity contribution in [3.8, 4) is 0 Å². The number of carbonyl (C=O) groups excluding carboxylic acids is 1. The highest BCUT2D eigenvalue weighted by molar-refractivity contribution is 9.10. The van der Waals surface area contributed by atoms with Gasteiger partial charge in [0, 0.05) is 5.39 Å². The largest absolute Gasteiger partial charge is 0.450 e. The first-order chi connectivity index (χ1) is 9.63. The van der Waals surface area contributed by atoms with Crippen LogP contribution in [0.3, 0.4) is 0 Å². The van der Waals surface area contributed by atoms with E-state index in [0.29, 0.717) is 5.58 Å². The number of nitrogens with one attached hydrogen (secondary N) is 1. The summed E-state index contributed by atoms with van der Waals surface area (Å²) in [6.07, 6.45) is 3.71. The lowest BCUT2D eigenvalue weighted by molar-refractivity contribution is 0.0813. The third-order valence-corrected chi connectivity index (χ3v) is 4.59. The molecule has 1 amide bonds. The van der Waals surface area contributed by atoms with Crippen molar-refractivity contribution in [2.45, 2.75) is 31.2 Å². The molecule has 106 valence electrons. The maximum absolute atomic E-state index is 12.3. The molecule has 2 aromatic rings. The smallest absolute Gasteiger partial charge is 0.287 e. The molecule has 0 unspecified atom stereocenters. The molecule has 0 saturated heterocycles. The molecule has 1 aliphatic rings. The summed E-state index contributed by atoms with van der Waals surface area (Å²) in [4.78, 5) is 12.3. The Morgan fingerprint density at radius 2 is 2.15 bits per heavy atom. The van der Waals surface area contributed by atoms with Crippen LogP contribution in [0.15, 0.2) is 33.2 Å². The molecule has 2 N–H and O–H groups in total. The molecule has 0 radical (unpaired) electrons. The van der Waals surface area contributed by atoms with E-state index in [4.69, 9.17) is 4.42 Å². The van der Waals surface area contributed by atoms with Crippen molar-refractivity contribution >= 4 is 32.8 Å². The van der Waals surface area contributed by atoms with E-state index in [9.17, 15) is 9.90 Å². The van der Waals surface area contributed by atoms with Crippen molar-refractivity contribution in [1.82, 2.24) is 5.32 Å². The number of fused-ring (bicyclic) bond motifs is 1. The summed E-state index contributed by atoms with van der Waals surface area (Å²) in [6, 6.07) is 7.41. The van der Waals surface area contributed by atoms with Gasteiger partial charge in [-0.25, -0.2) is 0 Å². The Morgan fingerprint density at radius 3 is 2.80 bits per heavy atom. The van der Waals surface area contributed by atoms with Gasteiger partial charge in [-0.15, -0.1) is 0 Å². The first-order valence-electron chi connectivity index (χ1n) is 6.75. The molecule has 0 atom stereocenters. The van der Waals surface area contributed by atoms with Crippen molar-refractivity contribution in [2.24, 2.45) is 0 Å². The molecule has 0 aliphatic heterocycles. The second-order valence-electron chi connectivity index (χ2n) is 5.37. The number of hydrogen-bond acceptors (Lipinski definition) is 3. The molecular weight excluding hydrogens is 322 g/mol. The quantitative estimate of drug-likeness (QED) is 0.903. The molecule has 0 spiro atoms. The lowest BCUT2D eigenvalue weighted by Gasteiger charge is -2.27. The molecular formula is C15H16BrNO3. The fourth-order valence-electron chi connectivity index (χ4n) is 2.82. The molecule has 1 aromatic heterocycles. The Labute approximate surface area is 125 Å². The first kappa shape index (κ1) is 13.6. The number of amides is 1. The van der Waals surface area contributed by atoms with E-state index in [0.717, 1.165) is 35.5 Å². The van der Waals surface area contributed by atoms with Gasteiger partial charge in [0.2, 0.25) is 0 Å². The zero-order valence-corrected chi connectivity index (χ0v) is 12.6. The van der Waals surface area contributed by atoms with Crippen LogP contribution in [-0.4, -0.2) is 23.2 Å². The summed E-state index contributed by atoms with van der Waals surface area (Å²) in [6.45, 7) is -0.0251. The molecule has 5 heteroatoms. The van der Waals surface area contributed by atoms with E-state index in [2.05, 4.69) is 21.2 Å². The zero-order valence-electron chi connectivity index (χ0n) is 11.0. The van der Waals surface area contributed by atoms with Crippen LogP contribution in [0, 0.1) is 0 Å². The average Bonchev–Trinajstić information content (AvgIpc) is 3.06. The number of rotatable bonds is 3. The van der Waals surface area contributed by atoms with Gasteiger partial charge in [0.25, 0.3) is 5.91 Å².